The van der Waals surface area contributed by atoms with Gasteiger partial charge < -0.3 is 0 Å². The van der Waals surface area contributed by atoms with E-state index >= 15 is 0 Å². The summed E-state index contributed by atoms with van der Waals surface area (Å²) in [5, 5.41) is 0. The predicted octanol–water partition coefficient (Wildman–Crippen LogP) is 12.5. The molecule has 0 N–H and O–H groups in total. The van der Waals surface area contributed by atoms with Gasteiger partial charge in [-0.1, -0.05) is 0 Å². The number of hydrogen-bond donors (Lipinski definition) is 0. The second kappa shape index (κ2) is 13.3. The first-order valence-electron chi connectivity index (χ1n) is 17.3. The van der Waals surface area contributed by atoms with E-state index in [0.29, 0.717) is 13.2 Å². The number of benzene rings is 4. The molecule has 0 saturated carbocycles. The van der Waals surface area contributed by atoms with E-state index in [1.54, 1.807) is 22.3 Å². The van der Waals surface area contributed by atoms with Crippen molar-refractivity contribution in [3.05, 3.63) is 153 Å². The molecule has 4 aromatic carbocycles. The van der Waals surface area contributed by atoms with E-state index < -0.39 is 17.4 Å². The van der Waals surface area contributed by atoms with Gasteiger partial charge in [0, 0.05) is 0 Å². The molecule has 254 valence electrons. The first-order valence-corrected chi connectivity index (χ1v) is 31.0. The van der Waals surface area contributed by atoms with Crippen molar-refractivity contribution in [2.75, 3.05) is 0 Å². The summed E-state index contributed by atoms with van der Waals surface area (Å²) in [4.78, 5) is 0. The summed E-state index contributed by atoms with van der Waals surface area (Å²) in [5.41, 5.74) is 18.1. The number of hydrogen-bond acceptors (Lipinski definition) is 0. The third-order valence-electron chi connectivity index (χ3n) is 11.1. The zero-order valence-corrected chi connectivity index (χ0v) is 36.5. The van der Waals surface area contributed by atoms with E-state index in [-0.39, 0.29) is 35.6 Å². The maximum Gasteiger partial charge on any atom is -0.147 e. The van der Waals surface area contributed by atoms with Crippen molar-refractivity contribution >= 4 is 42.8 Å². The summed E-state index contributed by atoms with van der Waals surface area (Å²) in [6.45, 7) is 23.7. The number of halogens is 2. The van der Waals surface area contributed by atoms with Crippen molar-refractivity contribution in [2.24, 2.45) is 5.92 Å². The summed E-state index contributed by atoms with van der Waals surface area (Å²) in [6.07, 6.45) is 0. The minimum Gasteiger partial charge on any atom is -0.147 e. The first-order chi connectivity index (χ1) is 21.4. The fraction of sp³-hybridized carbons (Fsp3) is 0.364. The largest absolute Gasteiger partial charge is 0.147 e. The molecule has 0 aromatic heterocycles. The Bertz CT molecular complexity index is 1960. The van der Waals surface area contributed by atoms with Crippen molar-refractivity contribution < 1.29 is 17.4 Å². The molecule has 2 aliphatic carbocycles. The number of fused-ring (bicyclic) bond motifs is 2. The Balaban J connectivity index is 0.00000260. The van der Waals surface area contributed by atoms with Crippen LogP contribution < -0.4 is 0 Å². The van der Waals surface area contributed by atoms with Crippen LogP contribution in [0, 0.1) is 5.92 Å². The minimum atomic E-state index is -3.80. The quantitative estimate of drug-likeness (QED) is 0.177. The standard InChI is InChI=1S/C22H25.C20H21.2CH3.2ClH.H2Si.Zr/c1-15(2)20-14-17-8-6-7-9-19(17)21(20)16-10-12-18(13-11-16)22(3,4)5;1-14-13-16-7-5-6-8-18(16)19(14)15-9-11-17(12-10-15)20(2,3)4;;;;;;/h6-15H,1-5H3;5-13H,1-4H3;2*1H3;2*1H;1H2;. The first kappa shape index (κ1) is 38.8. The molecule has 0 aliphatic heterocycles. The van der Waals surface area contributed by atoms with Crippen LogP contribution in [0.25, 0.3) is 11.1 Å². The molecule has 0 fully saturated rings. The molecule has 0 nitrogen and oxygen atoms in total. The molecular formula is C44H56Cl2SiZr. The molecule has 0 amide bonds. The van der Waals surface area contributed by atoms with Crippen LogP contribution >= 0.6 is 24.8 Å². The average Bonchev–Trinajstić information content (AvgIpc) is 3.50. The topological polar surface area (TPSA) is 0 Å². The fourth-order valence-electron chi connectivity index (χ4n) is 9.02. The van der Waals surface area contributed by atoms with Gasteiger partial charge in [0.2, 0.25) is 0 Å². The molecule has 48 heavy (non-hydrogen) atoms. The van der Waals surface area contributed by atoms with E-state index in [9.17, 15) is 0 Å². The van der Waals surface area contributed by atoms with E-state index in [2.05, 4.69) is 176 Å². The van der Waals surface area contributed by atoms with Gasteiger partial charge in [-0.3, -0.25) is 0 Å². The van der Waals surface area contributed by atoms with Gasteiger partial charge in [-0.15, -0.1) is 24.8 Å². The zero-order valence-electron chi connectivity index (χ0n) is 31.0. The van der Waals surface area contributed by atoms with Crippen molar-refractivity contribution in [2.45, 2.75) is 89.7 Å². The van der Waals surface area contributed by atoms with Crippen LogP contribution in [-0.2, 0) is 28.2 Å². The Morgan fingerprint density at radius 3 is 1.35 bits per heavy atom. The van der Waals surface area contributed by atoms with E-state index in [1.807, 2.05) is 0 Å². The summed E-state index contributed by atoms with van der Waals surface area (Å²) in [7, 11) is 0. The maximum absolute atomic E-state index is 3.80. The number of allylic oxidation sites excluding steroid dienone is 2. The van der Waals surface area contributed by atoms with Gasteiger partial charge in [-0.2, -0.15) is 0 Å². The Labute approximate surface area is 306 Å². The second-order valence-corrected chi connectivity index (χ2v) is 48.1. The van der Waals surface area contributed by atoms with E-state index in [4.69, 9.17) is 0 Å². The molecule has 0 saturated heterocycles. The van der Waals surface area contributed by atoms with Crippen LogP contribution in [0.15, 0.2) is 108 Å². The molecule has 2 atom stereocenters. The molecule has 2 aliphatic rings. The van der Waals surface area contributed by atoms with Gasteiger partial charge in [-0.05, 0) is 0 Å². The normalized spacial score (nSPS) is 18.0. The second-order valence-electron chi connectivity index (χ2n) is 17.7. The Hall–Kier alpha value is -1.96. The summed E-state index contributed by atoms with van der Waals surface area (Å²) in [6, 6.07) is 37.8. The smallest absolute Gasteiger partial charge is 0.147 e. The fourth-order valence-corrected chi connectivity index (χ4v) is 29.3. The van der Waals surface area contributed by atoms with Gasteiger partial charge in [0.15, 0.2) is 0 Å². The molecule has 2 unspecified atom stereocenters. The van der Waals surface area contributed by atoms with Crippen LogP contribution in [0.1, 0.15) is 114 Å². The third kappa shape index (κ3) is 6.50. The van der Waals surface area contributed by atoms with Gasteiger partial charge in [0.05, 0.1) is 0 Å². The molecule has 0 radical (unpaired) electrons. The monoisotopic (exact) mass is 772 g/mol. The Kier molecular flexibility index (Phi) is 10.8. The van der Waals surface area contributed by atoms with Crippen molar-refractivity contribution in [3.8, 4) is 0 Å². The number of rotatable bonds is 5. The predicted molar refractivity (Wildman–Crippen MR) is 216 cm³/mol. The van der Waals surface area contributed by atoms with Crippen LogP contribution in [0.3, 0.4) is 0 Å². The van der Waals surface area contributed by atoms with Gasteiger partial charge >= 0.3 is 284 Å². The Morgan fingerprint density at radius 2 is 0.938 bits per heavy atom. The summed E-state index contributed by atoms with van der Waals surface area (Å²) < 4.78 is 6.52. The maximum atomic E-state index is 2.78. The van der Waals surface area contributed by atoms with Crippen LogP contribution in [0.5, 0.6) is 0 Å². The Morgan fingerprint density at radius 1 is 0.562 bits per heavy atom. The van der Waals surface area contributed by atoms with Crippen molar-refractivity contribution in [1.82, 2.24) is 0 Å². The molecule has 0 spiro atoms. The van der Waals surface area contributed by atoms with Gasteiger partial charge in [0.25, 0.3) is 0 Å². The van der Waals surface area contributed by atoms with Crippen LogP contribution in [0.2, 0.25) is 9.26 Å². The van der Waals surface area contributed by atoms with Crippen LogP contribution in [0.4, 0.5) is 0 Å². The average molecular weight is 775 g/mol. The summed E-state index contributed by atoms with van der Waals surface area (Å²) >= 11 is -3.80. The molecule has 0 bridgehead atoms. The molecule has 0 heterocycles. The minimum absolute atomic E-state index is 0. The van der Waals surface area contributed by atoms with E-state index in [1.165, 1.54) is 44.5 Å². The van der Waals surface area contributed by atoms with Crippen molar-refractivity contribution in [1.29, 1.82) is 0 Å². The van der Waals surface area contributed by atoms with Crippen LogP contribution in [-0.4, -0.2) is 6.88 Å². The molecule has 4 aromatic rings. The summed E-state index contributed by atoms with van der Waals surface area (Å²) in [5.74, 6) is 0.456. The third-order valence-corrected chi connectivity index (χ3v) is 28.6. The van der Waals surface area contributed by atoms with Gasteiger partial charge in [0.1, 0.15) is 0 Å². The molecule has 4 heteroatoms. The molecular weight excluding hydrogens is 719 g/mol. The van der Waals surface area contributed by atoms with Gasteiger partial charge in [-0.25, -0.2) is 0 Å². The van der Waals surface area contributed by atoms with Crippen molar-refractivity contribution in [3.63, 3.8) is 0 Å². The zero-order chi connectivity index (χ0) is 33.4. The SMILES string of the molecule is CC1=C(c2ccc(C(C)(C)C)cc2)c2ccccc2[CH]1[Zr]([CH3])([CH3])(=[SiH2])[CH]1C(C(C)C)=C(c2ccc(C(C)(C)C)cc2)c2ccccc21.Cl.Cl. The molecule has 6 rings (SSSR count). The van der Waals surface area contributed by atoms with E-state index in [0.717, 1.165) is 0 Å².